The van der Waals surface area contributed by atoms with Crippen LogP contribution in [-0.4, -0.2) is 5.54 Å². The van der Waals surface area contributed by atoms with Crippen LogP contribution in [0, 0.1) is 5.41 Å². The summed E-state index contributed by atoms with van der Waals surface area (Å²) < 4.78 is 0. The first-order chi connectivity index (χ1) is 7.49. The molecule has 1 heteroatoms. The lowest BCUT2D eigenvalue weighted by Crippen LogP contribution is -2.54. The van der Waals surface area contributed by atoms with Crippen molar-refractivity contribution in [3.8, 4) is 0 Å². The molecule has 0 aliphatic heterocycles. The zero-order valence-electron chi connectivity index (χ0n) is 12.2. The minimum atomic E-state index is 0.0581. The van der Waals surface area contributed by atoms with Crippen molar-refractivity contribution in [3.63, 3.8) is 0 Å². The van der Waals surface area contributed by atoms with Gasteiger partial charge in [-0.3, -0.25) is 0 Å². The van der Waals surface area contributed by atoms with Crippen LogP contribution in [0.5, 0.6) is 0 Å². The lowest BCUT2D eigenvalue weighted by Gasteiger charge is -2.47. The van der Waals surface area contributed by atoms with Gasteiger partial charge in [0.1, 0.15) is 0 Å². The number of rotatable bonds is 9. The van der Waals surface area contributed by atoms with Crippen molar-refractivity contribution < 1.29 is 0 Å². The quantitative estimate of drug-likeness (QED) is 0.596. The lowest BCUT2D eigenvalue weighted by atomic mass is 9.62. The largest absolute Gasteiger partial charge is 0.325 e. The molecule has 1 nitrogen and oxygen atoms in total. The first kappa shape index (κ1) is 16.0. The molecule has 0 radical (unpaired) electrons. The Balaban J connectivity index is 4.90. The van der Waals surface area contributed by atoms with Crippen LogP contribution in [0.15, 0.2) is 0 Å². The molecule has 0 saturated heterocycles. The molecule has 16 heavy (non-hydrogen) atoms. The second kappa shape index (κ2) is 7.32. The Labute approximate surface area is 103 Å². The Hall–Kier alpha value is -0.0400. The van der Waals surface area contributed by atoms with E-state index in [1.54, 1.807) is 0 Å². The molecule has 0 aliphatic carbocycles. The van der Waals surface area contributed by atoms with Gasteiger partial charge in [-0.25, -0.2) is 0 Å². The maximum atomic E-state index is 6.77. The summed E-state index contributed by atoms with van der Waals surface area (Å²) in [5.74, 6) is 0. The van der Waals surface area contributed by atoms with Gasteiger partial charge in [0.15, 0.2) is 0 Å². The van der Waals surface area contributed by atoms with Crippen LogP contribution in [0.4, 0.5) is 0 Å². The van der Waals surface area contributed by atoms with Crippen molar-refractivity contribution in [2.75, 3.05) is 0 Å². The highest BCUT2D eigenvalue weighted by Crippen LogP contribution is 2.43. The van der Waals surface area contributed by atoms with Gasteiger partial charge < -0.3 is 5.73 Å². The van der Waals surface area contributed by atoms with Gasteiger partial charge in [-0.1, -0.05) is 60.3 Å². The van der Waals surface area contributed by atoms with E-state index in [0.29, 0.717) is 5.41 Å². The van der Waals surface area contributed by atoms with Gasteiger partial charge >= 0.3 is 0 Å². The Morgan fingerprint density at radius 1 is 0.688 bits per heavy atom. The average molecular weight is 227 g/mol. The van der Waals surface area contributed by atoms with Gasteiger partial charge in [0.05, 0.1) is 0 Å². The van der Waals surface area contributed by atoms with E-state index >= 15 is 0 Å². The van der Waals surface area contributed by atoms with Gasteiger partial charge in [-0.2, -0.15) is 0 Å². The summed E-state index contributed by atoms with van der Waals surface area (Å²) in [6.45, 7) is 11.5. The highest BCUT2D eigenvalue weighted by molar-refractivity contribution is 4.99. The fraction of sp³-hybridized carbons (Fsp3) is 1.00. The summed E-state index contributed by atoms with van der Waals surface area (Å²) in [6, 6.07) is 0. The van der Waals surface area contributed by atoms with Gasteiger partial charge in [0.25, 0.3) is 0 Å². The van der Waals surface area contributed by atoms with Gasteiger partial charge in [-0.15, -0.1) is 0 Å². The summed E-state index contributed by atoms with van der Waals surface area (Å²) >= 11 is 0. The molecule has 0 aromatic rings. The molecule has 0 fully saturated rings. The number of hydrogen-bond donors (Lipinski definition) is 1. The molecule has 0 heterocycles. The van der Waals surface area contributed by atoms with E-state index < -0.39 is 0 Å². The minimum absolute atomic E-state index is 0.0581. The normalized spacial score (nSPS) is 13.1. The molecular formula is C15H33N. The van der Waals surface area contributed by atoms with Crippen LogP contribution in [0.1, 0.15) is 86.0 Å². The topological polar surface area (TPSA) is 26.0 Å². The maximum absolute atomic E-state index is 6.77. The van der Waals surface area contributed by atoms with Crippen LogP contribution in [0.2, 0.25) is 0 Å². The summed E-state index contributed by atoms with van der Waals surface area (Å²) in [5.41, 5.74) is 7.16. The van der Waals surface area contributed by atoms with Crippen LogP contribution in [0.25, 0.3) is 0 Å². The van der Waals surface area contributed by atoms with E-state index in [-0.39, 0.29) is 5.54 Å². The molecule has 98 valence electrons. The molecule has 0 aliphatic rings. The van der Waals surface area contributed by atoms with E-state index in [1.165, 1.54) is 51.4 Å². The third-order valence-corrected chi connectivity index (χ3v) is 4.20. The van der Waals surface area contributed by atoms with E-state index in [4.69, 9.17) is 5.73 Å². The fourth-order valence-corrected chi connectivity index (χ4v) is 3.35. The smallest absolute Gasteiger partial charge is 0.0208 e. The number of nitrogens with two attached hydrogens (primary N) is 1. The van der Waals surface area contributed by atoms with Crippen LogP contribution >= 0.6 is 0 Å². The molecule has 0 unspecified atom stereocenters. The average Bonchev–Trinajstić information content (AvgIpc) is 2.19. The molecule has 0 saturated carbocycles. The highest BCUT2D eigenvalue weighted by Gasteiger charge is 2.42. The van der Waals surface area contributed by atoms with E-state index in [2.05, 4.69) is 34.6 Å². The standard InChI is InChI=1S/C15H33N/c1-6-10-14(5,11-7-2)15(16,12-8-3)13-9-4/h6-13,16H2,1-5H3. The zero-order valence-corrected chi connectivity index (χ0v) is 12.2. The predicted octanol–water partition coefficient (Wildman–Crippen LogP) is 4.89. The third kappa shape index (κ3) is 3.76. The Kier molecular flexibility index (Phi) is 7.30. The lowest BCUT2D eigenvalue weighted by molar-refractivity contribution is 0.0920. The predicted molar refractivity (Wildman–Crippen MR) is 74.7 cm³/mol. The number of hydrogen-bond acceptors (Lipinski definition) is 1. The van der Waals surface area contributed by atoms with Crippen molar-refractivity contribution in [3.05, 3.63) is 0 Å². The summed E-state index contributed by atoms with van der Waals surface area (Å²) in [5, 5.41) is 0. The summed E-state index contributed by atoms with van der Waals surface area (Å²) in [4.78, 5) is 0. The van der Waals surface area contributed by atoms with Gasteiger partial charge in [0.2, 0.25) is 0 Å². The van der Waals surface area contributed by atoms with Crippen molar-refractivity contribution >= 4 is 0 Å². The van der Waals surface area contributed by atoms with Crippen LogP contribution in [0.3, 0.4) is 0 Å². The highest BCUT2D eigenvalue weighted by atomic mass is 14.8. The molecule has 0 spiro atoms. The minimum Gasteiger partial charge on any atom is -0.325 e. The Bertz CT molecular complexity index is 142. The molecule has 0 aromatic carbocycles. The van der Waals surface area contributed by atoms with Crippen molar-refractivity contribution in [1.29, 1.82) is 0 Å². The SMILES string of the molecule is CCCC(C)(CCC)C(N)(CCC)CCC. The van der Waals surface area contributed by atoms with Crippen molar-refractivity contribution in [2.45, 2.75) is 91.5 Å². The van der Waals surface area contributed by atoms with Gasteiger partial charge in [-0.05, 0) is 31.1 Å². The third-order valence-electron chi connectivity index (χ3n) is 4.20. The molecular weight excluding hydrogens is 194 g/mol. The first-order valence-corrected chi connectivity index (χ1v) is 7.28. The zero-order chi connectivity index (χ0) is 12.7. The van der Waals surface area contributed by atoms with E-state index in [9.17, 15) is 0 Å². The van der Waals surface area contributed by atoms with Gasteiger partial charge in [0, 0.05) is 5.54 Å². The Morgan fingerprint density at radius 3 is 1.25 bits per heavy atom. The Morgan fingerprint density at radius 2 is 1.00 bits per heavy atom. The first-order valence-electron chi connectivity index (χ1n) is 7.28. The van der Waals surface area contributed by atoms with Crippen molar-refractivity contribution in [2.24, 2.45) is 11.1 Å². The molecule has 0 rings (SSSR count). The second-order valence-electron chi connectivity index (χ2n) is 5.72. The summed E-state index contributed by atoms with van der Waals surface area (Å²) in [6.07, 6.45) is 9.83. The molecule has 0 aromatic heterocycles. The second-order valence-corrected chi connectivity index (χ2v) is 5.72. The van der Waals surface area contributed by atoms with E-state index in [1.807, 2.05) is 0 Å². The van der Waals surface area contributed by atoms with Crippen LogP contribution in [-0.2, 0) is 0 Å². The molecule has 2 N–H and O–H groups in total. The molecule has 0 atom stereocenters. The van der Waals surface area contributed by atoms with Crippen molar-refractivity contribution in [1.82, 2.24) is 0 Å². The molecule has 0 bridgehead atoms. The van der Waals surface area contributed by atoms with E-state index in [0.717, 1.165) is 0 Å². The fourth-order valence-electron chi connectivity index (χ4n) is 3.35. The van der Waals surface area contributed by atoms with Crippen LogP contribution < -0.4 is 5.73 Å². The monoisotopic (exact) mass is 227 g/mol. The summed E-state index contributed by atoms with van der Waals surface area (Å²) in [7, 11) is 0. The maximum Gasteiger partial charge on any atom is 0.0208 e. The molecule has 0 amide bonds.